The molecule has 0 spiro atoms. The number of rotatable bonds is 9. The molecule has 10 heteroatoms. The highest BCUT2D eigenvalue weighted by atomic mass is 16.6. The molecule has 0 aliphatic heterocycles. The van der Waals surface area contributed by atoms with E-state index in [-0.39, 0.29) is 31.1 Å². The van der Waals surface area contributed by atoms with E-state index in [1.165, 1.54) is 4.90 Å². The van der Waals surface area contributed by atoms with Crippen LogP contribution in [0.25, 0.3) is 10.9 Å². The second-order valence-electron chi connectivity index (χ2n) is 9.59. The average Bonchev–Trinajstić information content (AvgIpc) is 2.95. The average molecular weight is 535 g/mol. The van der Waals surface area contributed by atoms with Crippen molar-refractivity contribution >= 4 is 28.8 Å². The Hall–Kier alpha value is -4.18. The van der Waals surface area contributed by atoms with E-state index in [0.717, 1.165) is 22.2 Å². The predicted octanol–water partition coefficient (Wildman–Crippen LogP) is 4.13. The second kappa shape index (κ2) is 13.1. The number of fused-ring (bicyclic) bond motifs is 1. The zero-order chi connectivity index (χ0) is 27.8. The van der Waals surface area contributed by atoms with Gasteiger partial charge in [-0.1, -0.05) is 18.2 Å². The minimum atomic E-state index is -0.685. The molecule has 1 saturated carbocycles. The van der Waals surface area contributed by atoms with Crippen molar-refractivity contribution in [2.45, 2.75) is 58.2 Å². The fraction of sp³-hybridized carbons (Fsp3) is 0.379. The summed E-state index contributed by atoms with van der Waals surface area (Å²) in [4.78, 5) is 42.7. The highest BCUT2D eigenvalue weighted by molar-refractivity contribution is 5.94. The Balaban J connectivity index is 1.29. The van der Waals surface area contributed by atoms with E-state index >= 15 is 0 Å². The van der Waals surface area contributed by atoms with Gasteiger partial charge >= 0.3 is 6.09 Å². The van der Waals surface area contributed by atoms with E-state index in [2.05, 4.69) is 10.3 Å². The standard InChI is InChI=1S/C29H34N4O6/c1-3-38-29(36)33(17-27(34)32-37)23-12-10-22(11-13-23)31-28(35)20-8-14-24(15-9-20)39-18-21-16-19(2)30-26-7-5-4-6-25(21)26/h4-9,14-16,22-23,37H,3,10-13,17-18H2,1-2H3,(H,31,35)(H,32,34). The number of carbonyl (C=O) groups is 3. The summed E-state index contributed by atoms with van der Waals surface area (Å²) in [5.41, 5.74) is 5.00. The Morgan fingerprint density at radius 1 is 1.05 bits per heavy atom. The van der Waals surface area contributed by atoms with Gasteiger partial charge in [-0.3, -0.25) is 24.7 Å². The molecule has 39 heavy (non-hydrogen) atoms. The van der Waals surface area contributed by atoms with Gasteiger partial charge in [0.15, 0.2) is 0 Å². The molecule has 0 atom stereocenters. The van der Waals surface area contributed by atoms with Gasteiger partial charge in [0.1, 0.15) is 18.9 Å². The molecular weight excluding hydrogens is 500 g/mol. The third-order valence-electron chi connectivity index (χ3n) is 6.85. The van der Waals surface area contributed by atoms with E-state index in [1.807, 2.05) is 37.3 Å². The van der Waals surface area contributed by atoms with E-state index in [4.69, 9.17) is 14.7 Å². The molecule has 1 aliphatic rings. The second-order valence-corrected chi connectivity index (χ2v) is 9.59. The highest BCUT2D eigenvalue weighted by Gasteiger charge is 2.31. The van der Waals surface area contributed by atoms with E-state index in [9.17, 15) is 14.4 Å². The molecule has 1 heterocycles. The molecule has 3 amide bonds. The van der Waals surface area contributed by atoms with Crippen LogP contribution in [-0.2, 0) is 16.1 Å². The fourth-order valence-corrected chi connectivity index (χ4v) is 4.92. The van der Waals surface area contributed by atoms with Crippen molar-refractivity contribution in [3.8, 4) is 5.75 Å². The monoisotopic (exact) mass is 534 g/mol. The SMILES string of the molecule is CCOC(=O)N(CC(=O)NO)C1CCC(NC(=O)c2ccc(OCc3cc(C)nc4ccccc34)cc2)CC1. The number of hydrogen-bond acceptors (Lipinski definition) is 7. The van der Waals surface area contributed by atoms with Gasteiger partial charge in [-0.2, -0.15) is 0 Å². The van der Waals surface area contributed by atoms with Crippen LogP contribution < -0.4 is 15.5 Å². The topological polar surface area (TPSA) is 130 Å². The first-order valence-corrected chi connectivity index (χ1v) is 13.1. The van der Waals surface area contributed by atoms with Crippen molar-refractivity contribution in [3.05, 3.63) is 71.4 Å². The highest BCUT2D eigenvalue weighted by Crippen LogP contribution is 2.25. The first-order chi connectivity index (χ1) is 18.9. The van der Waals surface area contributed by atoms with Crippen LogP contribution in [0.5, 0.6) is 5.75 Å². The van der Waals surface area contributed by atoms with Gasteiger partial charge in [-0.05, 0) is 75.9 Å². The van der Waals surface area contributed by atoms with Crippen molar-refractivity contribution in [3.63, 3.8) is 0 Å². The van der Waals surface area contributed by atoms with Crippen LogP contribution in [-0.4, -0.2) is 58.2 Å². The number of para-hydroxylation sites is 1. The van der Waals surface area contributed by atoms with Gasteiger partial charge in [-0.15, -0.1) is 0 Å². The molecule has 0 bridgehead atoms. The molecule has 3 aromatic rings. The summed E-state index contributed by atoms with van der Waals surface area (Å²) in [6.45, 7) is 3.94. The first-order valence-electron chi connectivity index (χ1n) is 13.1. The van der Waals surface area contributed by atoms with Crippen molar-refractivity contribution in [2.75, 3.05) is 13.2 Å². The summed E-state index contributed by atoms with van der Waals surface area (Å²) in [6, 6.07) is 16.8. The molecule has 2 aromatic carbocycles. The lowest BCUT2D eigenvalue weighted by Gasteiger charge is -2.36. The zero-order valence-electron chi connectivity index (χ0n) is 22.2. The molecule has 0 saturated heterocycles. The van der Waals surface area contributed by atoms with E-state index in [0.29, 0.717) is 43.6 Å². The maximum atomic E-state index is 12.9. The molecular formula is C29H34N4O6. The third kappa shape index (κ3) is 7.23. The van der Waals surface area contributed by atoms with Crippen LogP contribution in [0.3, 0.4) is 0 Å². The first kappa shape index (κ1) is 27.8. The van der Waals surface area contributed by atoms with Gasteiger partial charge in [0, 0.05) is 34.3 Å². The summed E-state index contributed by atoms with van der Waals surface area (Å²) in [7, 11) is 0. The number of benzene rings is 2. The Kier molecular flexibility index (Phi) is 9.32. The minimum absolute atomic E-state index is 0.0522. The van der Waals surface area contributed by atoms with Gasteiger partial charge in [0.05, 0.1) is 12.1 Å². The lowest BCUT2D eigenvalue weighted by Crippen LogP contribution is -2.49. The number of aryl methyl sites for hydroxylation is 1. The summed E-state index contributed by atoms with van der Waals surface area (Å²) in [5, 5.41) is 13.0. The fourth-order valence-electron chi connectivity index (χ4n) is 4.92. The number of amides is 3. The normalized spacial score (nSPS) is 16.8. The maximum absolute atomic E-state index is 12.9. The maximum Gasteiger partial charge on any atom is 0.410 e. The van der Waals surface area contributed by atoms with Gasteiger partial charge in [-0.25, -0.2) is 10.3 Å². The number of hydroxylamine groups is 1. The van der Waals surface area contributed by atoms with E-state index < -0.39 is 12.0 Å². The van der Waals surface area contributed by atoms with Crippen molar-refractivity contribution in [1.29, 1.82) is 0 Å². The van der Waals surface area contributed by atoms with E-state index in [1.54, 1.807) is 36.7 Å². The Morgan fingerprint density at radius 3 is 2.46 bits per heavy atom. The van der Waals surface area contributed by atoms with Crippen molar-refractivity contribution < 1.29 is 29.1 Å². The molecule has 1 aliphatic carbocycles. The van der Waals surface area contributed by atoms with Crippen LogP contribution >= 0.6 is 0 Å². The lowest BCUT2D eigenvalue weighted by molar-refractivity contribution is -0.130. The van der Waals surface area contributed by atoms with Crippen LogP contribution in [0.2, 0.25) is 0 Å². The van der Waals surface area contributed by atoms with Gasteiger partial charge < -0.3 is 14.8 Å². The molecule has 0 radical (unpaired) electrons. The smallest absolute Gasteiger partial charge is 0.410 e. The Bertz CT molecular complexity index is 1300. The molecule has 4 rings (SSSR count). The number of nitrogens with one attached hydrogen (secondary N) is 2. The van der Waals surface area contributed by atoms with Crippen molar-refractivity contribution in [1.82, 2.24) is 20.7 Å². The number of pyridine rings is 1. The molecule has 10 nitrogen and oxygen atoms in total. The predicted molar refractivity (Wildman–Crippen MR) is 144 cm³/mol. The van der Waals surface area contributed by atoms with Crippen LogP contribution in [0.4, 0.5) is 4.79 Å². The van der Waals surface area contributed by atoms with Crippen LogP contribution in [0, 0.1) is 6.92 Å². The van der Waals surface area contributed by atoms with Crippen LogP contribution in [0.15, 0.2) is 54.6 Å². The van der Waals surface area contributed by atoms with Gasteiger partial charge in [0.2, 0.25) is 0 Å². The molecule has 206 valence electrons. The largest absolute Gasteiger partial charge is 0.489 e. The van der Waals surface area contributed by atoms with Crippen LogP contribution in [0.1, 0.15) is 54.2 Å². The summed E-state index contributed by atoms with van der Waals surface area (Å²) >= 11 is 0. The molecule has 1 aromatic heterocycles. The summed E-state index contributed by atoms with van der Waals surface area (Å²) in [6.07, 6.45) is 1.89. The summed E-state index contributed by atoms with van der Waals surface area (Å²) in [5.74, 6) is -0.200. The number of carbonyl (C=O) groups excluding carboxylic acids is 3. The number of aromatic nitrogens is 1. The van der Waals surface area contributed by atoms with Crippen molar-refractivity contribution in [2.24, 2.45) is 0 Å². The number of nitrogens with zero attached hydrogens (tertiary/aromatic N) is 2. The molecule has 0 unspecified atom stereocenters. The lowest BCUT2D eigenvalue weighted by atomic mass is 9.90. The van der Waals surface area contributed by atoms with Gasteiger partial charge in [0.25, 0.3) is 11.8 Å². The number of hydrogen-bond donors (Lipinski definition) is 3. The molecule has 3 N–H and O–H groups in total. The Morgan fingerprint density at radius 2 is 1.77 bits per heavy atom. The Labute approximate surface area is 227 Å². The third-order valence-corrected chi connectivity index (χ3v) is 6.85. The molecule has 1 fully saturated rings. The summed E-state index contributed by atoms with van der Waals surface area (Å²) < 4.78 is 11.1. The zero-order valence-corrected chi connectivity index (χ0v) is 22.2. The quantitative estimate of drug-likeness (QED) is 0.278. The number of ether oxygens (including phenoxy) is 2. The minimum Gasteiger partial charge on any atom is -0.489 e.